The molecule has 5 N–H and O–H groups in total. The number of pyridine rings is 1. The number of benzene rings is 1. The van der Waals surface area contributed by atoms with E-state index < -0.39 is 17.6 Å². The number of aromatic nitrogens is 4. The molecule has 34 heavy (non-hydrogen) atoms. The molecular weight excluding hydrogens is 500 g/mol. The van der Waals surface area contributed by atoms with E-state index in [-0.39, 0.29) is 17.6 Å². The van der Waals surface area contributed by atoms with Crippen LogP contribution >= 0.6 is 15.9 Å². The number of nitrogens with one attached hydrogen (secondary N) is 1. The first-order valence-electron chi connectivity index (χ1n) is 11.2. The second kappa shape index (κ2) is 7.61. The molecule has 0 bridgehead atoms. The van der Waals surface area contributed by atoms with E-state index in [0.717, 1.165) is 21.9 Å². The first kappa shape index (κ1) is 21.7. The molecule has 176 valence electrons. The lowest BCUT2D eigenvalue weighted by Crippen LogP contribution is -2.38. The van der Waals surface area contributed by atoms with Crippen molar-refractivity contribution in [2.45, 2.75) is 37.1 Å². The summed E-state index contributed by atoms with van der Waals surface area (Å²) in [5.74, 6) is 0.397. The number of nitrogens with two attached hydrogens (primary N) is 1. The van der Waals surface area contributed by atoms with Crippen molar-refractivity contribution in [2.75, 3.05) is 19.3 Å². The molecule has 10 heteroatoms. The van der Waals surface area contributed by atoms with Gasteiger partial charge < -0.3 is 25.5 Å². The number of halogens is 1. The lowest BCUT2D eigenvalue weighted by molar-refractivity contribution is -0.0238. The van der Waals surface area contributed by atoms with Gasteiger partial charge in [0.15, 0.2) is 0 Å². The largest absolute Gasteiger partial charge is 0.390 e. The number of nitrogens with zero attached hydrogens (tertiary/aromatic N) is 4. The molecule has 4 heterocycles. The van der Waals surface area contributed by atoms with Gasteiger partial charge >= 0.3 is 0 Å². The molecule has 6 rings (SSSR count). The van der Waals surface area contributed by atoms with E-state index in [9.17, 15) is 15.0 Å². The molecule has 5 unspecified atom stereocenters. The summed E-state index contributed by atoms with van der Waals surface area (Å²) >= 11 is 3.28. The first-order chi connectivity index (χ1) is 16.3. The van der Waals surface area contributed by atoms with Gasteiger partial charge in [0.2, 0.25) is 0 Å². The van der Waals surface area contributed by atoms with Crippen molar-refractivity contribution in [3.63, 3.8) is 0 Å². The average molecular weight is 525 g/mol. The molecule has 3 aromatic heterocycles. The summed E-state index contributed by atoms with van der Waals surface area (Å²) in [4.78, 5) is 25.7. The average Bonchev–Trinajstić information content (AvgIpc) is 3.45. The molecule has 1 saturated carbocycles. The van der Waals surface area contributed by atoms with Gasteiger partial charge in [0.25, 0.3) is 5.56 Å². The normalized spacial score (nSPS) is 29.6. The zero-order chi connectivity index (χ0) is 23.8. The molecule has 9 nitrogen and oxygen atoms in total. The van der Waals surface area contributed by atoms with Crippen molar-refractivity contribution < 1.29 is 10.2 Å². The van der Waals surface area contributed by atoms with Gasteiger partial charge in [-0.05, 0) is 65.0 Å². The summed E-state index contributed by atoms with van der Waals surface area (Å²) in [6.45, 7) is 0.650. The molecule has 0 radical (unpaired) electrons. The maximum absolute atomic E-state index is 12.1. The van der Waals surface area contributed by atoms with Gasteiger partial charge in [-0.1, -0.05) is 12.1 Å². The van der Waals surface area contributed by atoms with E-state index in [4.69, 9.17) is 5.73 Å². The summed E-state index contributed by atoms with van der Waals surface area (Å²) < 4.78 is 2.42. The highest BCUT2D eigenvalue weighted by atomic mass is 79.9. The second-order valence-corrected chi connectivity index (χ2v) is 10.6. The Balaban J connectivity index is 1.34. The lowest BCUT2D eigenvalue weighted by Gasteiger charge is -2.27. The van der Waals surface area contributed by atoms with Gasteiger partial charge in [-0.25, -0.2) is 9.97 Å². The monoisotopic (exact) mass is 524 g/mol. The van der Waals surface area contributed by atoms with Crippen LogP contribution in [0.15, 0.2) is 52.1 Å². The van der Waals surface area contributed by atoms with Crippen LogP contribution < -0.4 is 11.3 Å². The van der Waals surface area contributed by atoms with Gasteiger partial charge in [0.1, 0.15) is 23.9 Å². The third kappa shape index (κ3) is 3.13. The predicted octanol–water partition coefficient (Wildman–Crippen LogP) is 2.35. The zero-order valence-corrected chi connectivity index (χ0v) is 20.1. The van der Waals surface area contributed by atoms with Crippen molar-refractivity contribution in [1.82, 2.24) is 24.4 Å². The number of likely N-dealkylation sites (tertiary alicyclic amines) is 1. The SMILES string of the molecule is CN1CC2(CC1c1ccc3cc(Br)c(=O)[nH]c3c1)CC(n1ccc3c(N)ncnc31)C(O)C2O. The van der Waals surface area contributed by atoms with Gasteiger partial charge in [0.05, 0.1) is 22.0 Å². The van der Waals surface area contributed by atoms with Crippen molar-refractivity contribution in [3.05, 3.63) is 63.2 Å². The van der Waals surface area contributed by atoms with Crippen molar-refractivity contribution in [2.24, 2.45) is 5.41 Å². The lowest BCUT2D eigenvalue weighted by atomic mass is 9.80. The minimum atomic E-state index is -0.927. The Morgan fingerprint density at radius 1 is 1.21 bits per heavy atom. The van der Waals surface area contributed by atoms with Gasteiger partial charge in [-0.15, -0.1) is 0 Å². The summed E-state index contributed by atoms with van der Waals surface area (Å²) in [7, 11) is 2.04. The van der Waals surface area contributed by atoms with Gasteiger partial charge in [0, 0.05) is 29.7 Å². The number of hydrogen-bond acceptors (Lipinski definition) is 7. The molecule has 5 atom stereocenters. The number of anilines is 1. The first-order valence-corrected chi connectivity index (χ1v) is 12.0. The highest BCUT2D eigenvalue weighted by molar-refractivity contribution is 9.10. The van der Waals surface area contributed by atoms with Gasteiger partial charge in [-0.2, -0.15) is 0 Å². The highest BCUT2D eigenvalue weighted by Crippen LogP contribution is 2.55. The number of fused-ring (bicyclic) bond motifs is 2. The Bertz CT molecular complexity index is 1480. The Kier molecular flexibility index (Phi) is 4.86. The van der Waals surface area contributed by atoms with Crippen molar-refractivity contribution in [1.29, 1.82) is 0 Å². The van der Waals surface area contributed by atoms with E-state index in [1.807, 2.05) is 42.1 Å². The number of nitrogen functional groups attached to an aromatic ring is 1. The Morgan fingerprint density at radius 3 is 2.85 bits per heavy atom. The highest BCUT2D eigenvalue weighted by Gasteiger charge is 2.58. The van der Waals surface area contributed by atoms with Crippen LogP contribution in [0.4, 0.5) is 5.82 Å². The van der Waals surface area contributed by atoms with E-state index in [1.54, 1.807) is 0 Å². The van der Waals surface area contributed by atoms with Crippen LogP contribution in [-0.4, -0.2) is 60.4 Å². The zero-order valence-electron chi connectivity index (χ0n) is 18.5. The third-order valence-corrected chi connectivity index (χ3v) is 8.35. The smallest absolute Gasteiger partial charge is 0.262 e. The number of hydrogen-bond donors (Lipinski definition) is 4. The van der Waals surface area contributed by atoms with Crippen LogP contribution in [-0.2, 0) is 0 Å². The minimum absolute atomic E-state index is 0.0523. The molecule has 1 aromatic carbocycles. The van der Waals surface area contributed by atoms with E-state index in [2.05, 4.69) is 41.8 Å². The number of H-pyrrole nitrogens is 1. The minimum Gasteiger partial charge on any atom is -0.390 e. The predicted molar refractivity (Wildman–Crippen MR) is 132 cm³/mol. The van der Waals surface area contributed by atoms with E-state index in [1.165, 1.54) is 6.33 Å². The van der Waals surface area contributed by atoms with Crippen LogP contribution in [0, 0.1) is 5.41 Å². The van der Waals surface area contributed by atoms with Gasteiger partial charge in [-0.3, -0.25) is 9.69 Å². The third-order valence-electron chi connectivity index (χ3n) is 7.76. The van der Waals surface area contributed by atoms with Crippen LogP contribution in [0.1, 0.15) is 30.5 Å². The molecule has 2 fully saturated rings. The molecule has 1 saturated heterocycles. The van der Waals surface area contributed by atoms with Crippen LogP contribution in [0.3, 0.4) is 0 Å². The number of aromatic amines is 1. The molecule has 2 aliphatic rings. The molecule has 1 spiro atoms. The quantitative estimate of drug-likeness (QED) is 0.316. The second-order valence-electron chi connectivity index (χ2n) is 9.72. The summed E-state index contributed by atoms with van der Waals surface area (Å²) in [6.07, 6.45) is 2.79. The van der Waals surface area contributed by atoms with Crippen LogP contribution in [0.25, 0.3) is 21.9 Å². The molecular formula is C24H25BrN6O3. The van der Waals surface area contributed by atoms with E-state index >= 15 is 0 Å². The van der Waals surface area contributed by atoms with Crippen molar-refractivity contribution >= 4 is 43.7 Å². The summed E-state index contributed by atoms with van der Waals surface area (Å²) in [5, 5.41) is 24.1. The summed E-state index contributed by atoms with van der Waals surface area (Å²) in [6, 6.07) is 9.49. The van der Waals surface area contributed by atoms with Crippen molar-refractivity contribution in [3.8, 4) is 0 Å². The number of aliphatic hydroxyl groups is 2. The van der Waals surface area contributed by atoms with Crippen LogP contribution in [0.5, 0.6) is 0 Å². The Morgan fingerprint density at radius 2 is 2.03 bits per heavy atom. The topological polar surface area (TPSA) is 133 Å². The maximum Gasteiger partial charge on any atom is 0.262 e. The molecule has 1 aliphatic carbocycles. The number of rotatable bonds is 2. The molecule has 1 aliphatic heterocycles. The number of aliphatic hydroxyl groups excluding tert-OH is 2. The Labute approximate surface area is 203 Å². The standard InChI is InChI=1S/C24H25BrN6O3/c1-30-10-24(8-17(30)13-3-2-12-6-15(25)23(34)29-16(12)7-13)9-18(19(32)20(24)33)31-5-4-14-21(26)27-11-28-22(14)31/h2-7,11,17-20,32-33H,8-10H2,1H3,(H,29,34)(H2,26,27,28). The molecule has 0 amide bonds. The van der Waals surface area contributed by atoms with E-state index in [0.29, 0.717) is 35.3 Å². The maximum atomic E-state index is 12.1. The fourth-order valence-corrected chi connectivity index (χ4v) is 6.44. The van der Waals surface area contributed by atoms with Crippen LogP contribution in [0.2, 0.25) is 0 Å². The fourth-order valence-electron chi connectivity index (χ4n) is 6.10. The Hall–Kier alpha value is -2.79. The fraction of sp³-hybridized carbons (Fsp3) is 0.375. The summed E-state index contributed by atoms with van der Waals surface area (Å²) in [5.41, 5.74) is 7.87. The molecule has 4 aromatic rings.